The maximum absolute atomic E-state index is 12.2. The Morgan fingerprint density at radius 3 is 2.64 bits per heavy atom. The number of anilines is 2. The molecule has 2 heterocycles. The molecule has 0 unspecified atom stereocenters. The molecule has 0 spiro atoms. The Morgan fingerprint density at radius 1 is 1.14 bits per heavy atom. The Morgan fingerprint density at radius 2 is 1.89 bits per heavy atom. The summed E-state index contributed by atoms with van der Waals surface area (Å²) in [7, 11) is 0. The molecule has 0 fully saturated rings. The van der Waals surface area contributed by atoms with Gasteiger partial charge in [0.1, 0.15) is 6.54 Å². The third-order valence-corrected chi connectivity index (χ3v) is 4.06. The Labute approximate surface area is 160 Å². The molecule has 2 aromatic carbocycles. The van der Waals surface area contributed by atoms with Crippen molar-refractivity contribution in [3.8, 4) is 23.0 Å². The van der Waals surface area contributed by atoms with Crippen LogP contribution in [0.25, 0.3) is 23.0 Å². The van der Waals surface area contributed by atoms with Crippen LogP contribution in [0.3, 0.4) is 0 Å². The highest BCUT2D eigenvalue weighted by Crippen LogP contribution is 2.24. The van der Waals surface area contributed by atoms with E-state index in [9.17, 15) is 4.79 Å². The minimum absolute atomic E-state index is 0.0906. The molecule has 0 aliphatic heterocycles. The largest absolute Gasteiger partial charge is 0.382 e. The van der Waals surface area contributed by atoms with Gasteiger partial charge in [0.15, 0.2) is 11.5 Å². The lowest BCUT2D eigenvalue weighted by Gasteiger charge is -2.05. The zero-order valence-corrected chi connectivity index (χ0v) is 15.0. The first-order valence-corrected chi connectivity index (χ1v) is 8.55. The van der Waals surface area contributed by atoms with Crippen LogP contribution in [0.15, 0.2) is 59.1 Å². The van der Waals surface area contributed by atoms with Crippen molar-refractivity contribution in [3.63, 3.8) is 0 Å². The SMILES string of the molecule is Cc1ccc(-c2noc(-c3nnn(CC(=O)Nc4ccccc4)c3N)n2)cc1. The maximum atomic E-state index is 12.2. The third kappa shape index (κ3) is 3.58. The summed E-state index contributed by atoms with van der Waals surface area (Å²) in [5, 5.41) is 14.6. The molecular weight excluding hydrogens is 358 g/mol. The summed E-state index contributed by atoms with van der Waals surface area (Å²) >= 11 is 0. The number of nitrogen functional groups attached to an aromatic ring is 1. The van der Waals surface area contributed by atoms with E-state index >= 15 is 0 Å². The van der Waals surface area contributed by atoms with E-state index < -0.39 is 0 Å². The minimum Gasteiger partial charge on any atom is -0.382 e. The Balaban J connectivity index is 1.51. The Hall–Kier alpha value is -4.01. The van der Waals surface area contributed by atoms with E-state index in [2.05, 4.69) is 25.8 Å². The molecule has 0 saturated carbocycles. The first kappa shape index (κ1) is 17.4. The molecule has 1 amide bonds. The van der Waals surface area contributed by atoms with E-state index in [0.29, 0.717) is 11.5 Å². The van der Waals surface area contributed by atoms with Gasteiger partial charge in [-0.1, -0.05) is 58.4 Å². The molecule has 0 atom stereocenters. The van der Waals surface area contributed by atoms with Crippen molar-refractivity contribution in [2.45, 2.75) is 13.5 Å². The van der Waals surface area contributed by atoms with Gasteiger partial charge in [0.2, 0.25) is 11.7 Å². The molecule has 9 nitrogen and oxygen atoms in total. The van der Waals surface area contributed by atoms with E-state index in [1.807, 2.05) is 49.4 Å². The fourth-order valence-corrected chi connectivity index (χ4v) is 2.59. The van der Waals surface area contributed by atoms with E-state index in [1.165, 1.54) is 4.68 Å². The number of nitrogens with zero attached hydrogens (tertiary/aromatic N) is 5. The first-order valence-electron chi connectivity index (χ1n) is 8.55. The van der Waals surface area contributed by atoms with Gasteiger partial charge in [-0.05, 0) is 19.1 Å². The van der Waals surface area contributed by atoms with E-state index in [-0.39, 0.29) is 29.9 Å². The average molecular weight is 375 g/mol. The minimum atomic E-state index is -0.278. The molecule has 28 heavy (non-hydrogen) atoms. The number of hydrogen-bond acceptors (Lipinski definition) is 7. The van der Waals surface area contributed by atoms with Crippen molar-refractivity contribution in [2.24, 2.45) is 0 Å². The number of rotatable bonds is 5. The van der Waals surface area contributed by atoms with Gasteiger partial charge in [0, 0.05) is 11.3 Å². The van der Waals surface area contributed by atoms with E-state index in [1.54, 1.807) is 12.1 Å². The summed E-state index contributed by atoms with van der Waals surface area (Å²) in [6.07, 6.45) is 0. The first-order chi connectivity index (χ1) is 13.6. The number of para-hydroxylation sites is 1. The molecule has 0 bridgehead atoms. The number of hydrogen-bond donors (Lipinski definition) is 2. The molecule has 4 rings (SSSR count). The number of carbonyl (C=O) groups excluding carboxylic acids is 1. The van der Waals surface area contributed by atoms with Crippen molar-refractivity contribution in [3.05, 3.63) is 60.2 Å². The summed E-state index contributed by atoms with van der Waals surface area (Å²) in [5.41, 5.74) is 8.94. The zero-order valence-electron chi connectivity index (χ0n) is 15.0. The van der Waals surface area contributed by atoms with Crippen molar-refractivity contribution >= 4 is 17.4 Å². The summed E-state index contributed by atoms with van der Waals surface area (Å²) in [4.78, 5) is 16.5. The van der Waals surface area contributed by atoms with Crippen LogP contribution >= 0.6 is 0 Å². The second-order valence-corrected chi connectivity index (χ2v) is 6.18. The molecular formula is C19H17N7O2. The third-order valence-electron chi connectivity index (χ3n) is 4.06. The van der Waals surface area contributed by atoms with Crippen LogP contribution in [0.2, 0.25) is 0 Å². The highest BCUT2D eigenvalue weighted by atomic mass is 16.5. The number of carbonyl (C=O) groups is 1. The lowest BCUT2D eigenvalue weighted by atomic mass is 10.1. The number of aromatic nitrogens is 5. The number of nitrogens with two attached hydrogens (primary N) is 1. The molecule has 2 aromatic heterocycles. The monoisotopic (exact) mass is 375 g/mol. The smallest absolute Gasteiger partial charge is 0.282 e. The van der Waals surface area contributed by atoms with Crippen LogP contribution < -0.4 is 11.1 Å². The van der Waals surface area contributed by atoms with Gasteiger partial charge in [-0.15, -0.1) is 5.10 Å². The topological polar surface area (TPSA) is 125 Å². The van der Waals surface area contributed by atoms with Gasteiger partial charge in [-0.3, -0.25) is 4.79 Å². The van der Waals surface area contributed by atoms with Crippen molar-refractivity contribution in [1.82, 2.24) is 25.1 Å². The predicted molar refractivity (Wildman–Crippen MR) is 103 cm³/mol. The van der Waals surface area contributed by atoms with Crippen LogP contribution in [0.4, 0.5) is 11.5 Å². The van der Waals surface area contributed by atoms with Gasteiger partial charge < -0.3 is 15.6 Å². The normalized spacial score (nSPS) is 10.8. The zero-order chi connectivity index (χ0) is 19.5. The molecule has 0 saturated heterocycles. The Bertz CT molecular complexity index is 1100. The quantitative estimate of drug-likeness (QED) is 0.549. The van der Waals surface area contributed by atoms with Crippen LogP contribution in [0.1, 0.15) is 5.56 Å². The van der Waals surface area contributed by atoms with Crippen LogP contribution in [0, 0.1) is 6.92 Å². The summed E-state index contributed by atoms with van der Waals surface area (Å²) < 4.78 is 6.55. The standard InChI is InChI=1S/C19H17N7O2/c1-12-7-9-13(10-8-12)18-22-19(28-24-18)16-17(20)26(25-23-16)11-15(27)21-14-5-3-2-4-6-14/h2-10H,11,20H2,1H3,(H,21,27). The fraction of sp³-hybridized carbons (Fsp3) is 0.105. The lowest BCUT2D eigenvalue weighted by Crippen LogP contribution is -2.20. The highest BCUT2D eigenvalue weighted by Gasteiger charge is 2.20. The maximum Gasteiger partial charge on any atom is 0.282 e. The number of aryl methyl sites for hydroxylation is 1. The molecule has 0 aliphatic carbocycles. The number of amides is 1. The van der Waals surface area contributed by atoms with Crippen molar-refractivity contribution < 1.29 is 9.32 Å². The summed E-state index contributed by atoms with van der Waals surface area (Å²) in [6, 6.07) is 16.8. The molecule has 9 heteroatoms. The summed E-state index contributed by atoms with van der Waals surface area (Å²) in [6.45, 7) is 1.91. The van der Waals surface area contributed by atoms with Crippen LogP contribution in [-0.4, -0.2) is 31.0 Å². The predicted octanol–water partition coefficient (Wildman–Crippen LogP) is 2.52. The van der Waals surface area contributed by atoms with Crippen LogP contribution in [0.5, 0.6) is 0 Å². The molecule has 140 valence electrons. The van der Waals surface area contributed by atoms with Gasteiger partial charge in [-0.25, -0.2) is 4.68 Å². The average Bonchev–Trinajstić information content (AvgIpc) is 3.31. The number of nitrogens with one attached hydrogen (secondary N) is 1. The van der Waals surface area contributed by atoms with Gasteiger partial charge in [0.25, 0.3) is 5.89 Å². The second-order valence-electron chi connectivity index (χ2n) is 6.18. The van der Waals surface area contributed by atoms with E-state index in [0.717, 1.165) is 11.1 Å². The number of benzene rings is 2. The fourth-order valence-electron chi connectivity index (χ4n) is 2.59. The van der Waals surface area contributed by atoms with Crippen LogP contribution in [-0.2, 0) is 11.3 Å². The van der Waals surface area contributed by atoms with Gasteiger partial charge in [-0.2, -0.15) is 4.98 Å². The second kappa shape index (κ2) is 7.31. The summed E-state index contributed by atoms with van der Waals surface area (Å²) in [5.74, 6) is 0.455. The molecule has 3 N–H and O–H groups in total. The lowest BCUT2D eigenvalue weighted by molar-refractivity contribution is -0.116. The van der Waals surface area contributed by atoms with Crippen molar-refractivity contribution in [1.29, 1.82) is 0 Å². The van der Waals surface area contributed by atoms with E-state index in [4.69, 9.17) is 10.3 Å². The van der Waals surface area contributed by atoms with Gasteiger partial charge in [0.05, 0.1) is 0 Å². The van der Waals surface area contributed by atoms with Gasteiger partial charge >= 0.3 is 0 Å². The molecule has 4 aromatic rings. The Kier molecular flexibility index (Phi) is 4.55. The molecule has 0 aliphatic rings. The highest BCUT2D eigenvalue weighted by molar-refractivity contribution is 5.90. The van der Waals surface area contributed by atoms with Crippen molar-refractivity contribution in [2.75, 3.05) is 11.1 Å². The molecule has 0 radical (unpaired) electrons.